The fourth-order valence-corrected chi connectivity index (χ4v) is 2.35. The standard InChI is InChI=1S/C15H22N2O2/c1-11-5-4-6-12(2)14(11)19-13(3)15(18)17-9-7-16-8-10-17/h4-6,13,16H,7-10H2,1-3H3. The van der Waals surface area contributed by atoms with Crippen LogP contribution in [0.25, 0.3) is 0 Å². The van der Waals surface area contributed by atoms with Gasteiger partial charge in [-0.05, 0) is 31.9 Å². The van der Waals surface area contributed by atoms with Crippen molar-refractivity contribution in [2.45, 2.75) is 26.9 Å². The molecule has 1 saturated heterocycles. The average Bonchev–Trinajstić information content (AvgIpc) is 2.43. The van der Waals surface area contributed by atoms with Gasteiger partial charge in [0.1, 0.15) is 5.75 Å². The fourth-order valence-electron chi connectivity index (χ4n) is 2.35. The van der Waals surface area contributed by atoms with Crippen LogP contribution in [0.2, 0.25) is 0 Å². The van der Waals surface area contributed by atoms with Gasteiger partial charge in [-0.3, -0.25) is 4.79 Å². The van der Waals surface area contributed by atoms with Crippen LogP contribution < -0.4 is 10.1 Å². The van der Waals surface area contributed by atoms with Crippen LogP contribution in [0.1, 0.15) is 18.1 Å². The zero-order chi connectivity index (χ0) is 13.8. The van der Waals surface area contributed by atoms with Gasteiger partial charge in [0, 0.05) is 26.2 Å². The summed E-state index contributed by atoms with van der Waals surface area (Å²) < 4.78 is 5.88. The Balaban J connectivity index is 2.03. The Morgan fingerprint density at radius 2 is 1.84 bits per heavy atom. The minimum absolute atomic E-state index is 0.0733. The number of nitrogens with one attached hydrogen (secondary N) is 1. The number of carbonyl (C=O) groups is 1. The molecule has 1 aromatic rings. The van der Waals surface area contributed by atoms with Crippen molar-refractivity contribution in [1.82, 2.24) is 10.2 Å². The Morgan fingerprint density at radius 1 is 1.26 bits per heavy atom. The van der Waals surface area contributed by atoms with E-state index in [-0.39, 0.29) is 5.91 Å². The molecule has 1 heterocycles. The first-order valence-electron chi connectivity index (χ1n) is 6.82. The summed E-state index contributed by atoms with van der Waals surface area (Å²) in [6.45, 7) is 9.09. The third-order valence-corrected chi connectivity index (χ3v) is 3.48. The molecule has 1 atom stereocenters. The fraction of sp³-hybridized carbons (Fsp3) is 0.533. The van der Waals surface area contributed by atoms with Crippen LogP contribution in [-0.4, -0.2) is 43.1 Å². The number of carbonyl (C=O) groups excluding carboxylic acids is 1. The molecule has 1 aliphatic heterocycles. The van der Waals surface area contributed by atoms with Gasteiger partial charge >= 0.3 is 0 Å². The van der Waals surface area contributed by atoms with Gasteiger partial charge in [-0.15, -0.1) is 0 Å². The summed E-state index contributed by atoms with van der Waals surface area (Å²) in [5.41, 5.74) is 2.14. The Bertz CT molecular complexity index is 433. The van der Waals surface area contributed by atoms with Crippen molar-refractivity contribution in [3.05, 3.63) is 29.3 Å². The van der Waals surface area contributed by atoms with E-state index in [0.717, 1.165) is 43.1 Å². The molecule has 1 aromatic carbocycles. The maximum Gasteiger partial charge on any atom is 0.263 e. The zero-order valence-electron chi connectivity index (χ0n) is 11.9. The maximum atomic E-state index is 12.3. The Labute approximate surface area is 114 Å². The van der Waals surface area contributed by atoms with E-state index in [2.05, 4.69) is 5.32 Å². The molecule has 19 heavy (non-hydrogen) atoms. The lowest BCUT2D eigenvalue weighted by atomic mass is 10.1. The molecule has 0 aliphatic carbocycles. The maximum absolute atomic E-state index is 12.3. The average molecular weight is 262 g/mol. The Hall–Kier alpha value is -1.55. The quantitative estimate of drug-likeness (QED) is 0.897. The van der Waals surface area contributed by atoms with E-state index in [9.17, 15) is 4.79 Å². The van der Waals surface area contributed by atoms with E-state index >= 15 is 0 Å². The predicted molar refractivity (Wildman–Crippen MR) is 75.5 cm³/mol. The van der Waals surface area contributed by atoms with Crippen molar-refractivity contribution in [3.63, 3.8) is 0 Å². The summed E-state index contributed by atoms with van der Waals surface area (Å²) >= 11 is 0. The van der Waals surface area contributed by atoms with Gasteiger partial charge < -0.3 is 15.0 Å². The van der Waals surface area contributed by atoms with Crippen LogP contribution in [0.15, 0.2) is 18.2 Å². The van der Waals surface area contributed by atoms with Crippen molar-refractivity contribution < 1.29 is 9.53 Å². The highest BCUT2D eigenvalue weighted by molar-refractivity contribution is 5.81. The molecule has 1 amide bonds. The molecule has 104 valence electrons. The summed E-state index contributed by atoms with van der Waals surface area (Å²) in [7, 11) is 0. The van der Waals surface area contributed by atoms with Crippen molar-refractivity contribution in [3.8, 4) is 5.75 Å². The lowest BCUT2D eigenvalue weighted by Crippen LogP contribution is -2.50. The van der Waals surface area contributed by atoms with Crippen molar-refractivity contribution in [2.75, 3.05) is 26.2 Å². The van der Waals surface area contributed by atoms with Crippen LogP contribution in [0.3, 0.4) is 0 Å². The van der Waals surface area contributed by atoms with Crippen molar-refractivity contribution in [1.29, 1.82) is 0 Å². The number of ether oxygens (including phenoxy) is 1. The molecule has 1 aliphatic rings. The highest BCUT2D eigenvalue weighted by Gasteiger charge is 2.24. The number of para-hydroxylation sites is 1. The molecule has 4 heteroatoms. The SMILES string of the molecule is Cc1cccc(C)c1OC(C)C(=O)N1CCNCC1. The topological polar surface area (TPSA) is 41.6 Å². The number of hydrogen-bond acceptors (Lipinski definition) is 3. The van der Waals surface area contributed by atoms with Gasteiger partial charge in [0.15, 0.2) is 6.10 Å². The molecular formula is C15H22N2O2. The first-order valence-corrected chi connectivity index (χ1v) is 6.82. The lowest BCUT2D eigenvalue weighted by Gasteiger charge is -2.30. The molecular weight excluding hydrogens is 240 g/mol. The molecule has 0 radical (unpaired) electrons. The molecule has 0 bridgehead atoms. The first kappa shape index (κ1) is 13.9. The molecule has 0 spiro atoms. The number of benzene rings is 1. The minimum atomic E-state index is -0.433. The van der Waals surface area contributed by atoms with E-state index in [1.165, 1.54) is 0 Å². The summed E-state index contributed by atoms with van der Waals surface area (Å²) in [6.07, 6.45) is -0.433. The minimum Gasteiger partial charge on any atom is -0.480 e. The second kappa shape index (κ2) is 6.06. The Morgan fingerprint density at radius 3 is 2.42 bits per heavy atom. The molecule has 2 rings (SSSR count). The van der Waals surface area contributed by atoms with E-state index in [1.807, 2.05) is 43.9 Å². The summed E-state index contributed by atoms with van der Waals surface area (Å²) in [6, 6.07) is 6.01. The van der Waals surface area contributed by atoms with Crippen LogP contribution in [-0.2, 0) is 4.79 Å². The summed E-state index contributed by atoms with van der Waals surface area (Å²) in [4.78, 5) is 14.2. The largest absolute Gasteiger partial charge is 0.480 e. The normalized spacial score (nSPS) is 17.1. The van der Waals surface area contributed by atoms with Crippen LogP contribution in [0.5, 0.6) is 5.75 Å². The highest BCUT2D eigenvalue weighted by atomic mass is 16.5. The highest BCUT2D eigenvalue weighted by Crippen LogP contribution is 2.23. The third-order valence-electron chi connectivity index (χ3n) is 3.48. The van der Waals surface area contributed by atoms with Gasteiger partial charge in [0.25, 0.3) is 5.91 Å². The third kappa shape index (κ3) is 3.26. The predicted octanol–water partition coefficient (Wildman–Crippen LogP) is 1.50. The molecule has 4 nitrogen and oxygen atoms in total. The van der Waals surface area contributed by atoms with Crippen molar-refractivity contribution >= 4 is 5.91 Å². The molecule has 1 N–H and O–H groups in total. The second-order valence-corrected chi connectivity index (χ2v) is 5.06. The van der Waals surface area contributed by atoms with Gasteiger partial charge in [0.2, 0.25) is 0 Å². The summed E-state index contributed by atoms with van der Waals surface area (Å²) in [5, 5.41) is 3.24. The molecule has 1 fully saturated rings. The van der Waals surface area contributed by atoms with Crippen LogP contribution in [0, 0.1) is 13.8 Å². The van der Waals surface area contributed by atoms with Gasteiger partial charge in [-0.2, -0.15) is 0 Å². The van der Waals surface area contributed by atoms with Gasteiger partial charge in [-0.25, -0.2) is 0 Å². The van der Waals surface area contributed by atoms with E-state index in [0.29, 0.717) is 0 Å². The number of hydrogen-bond donors (Lipinski definition) is 1. The number of rotatable bonds is 3. The summed E-state index contributed by atoms with van der Waals surface area (Å²) in [5.74, 6) is 0.905. The second-order valence-electron chi connectivity index (χ2n) is 5.06. The number of piperazine rings is 1. The van der Waals surface area contributed by atoms with Crippen molar-refractivity contribution in [2.24, 2.45) is 0 Å². The van der Waals surface area contributed by atoms with Gasteiger partial charge in [0.05, 0.1) is 0 Å². The zero-order valence-corrected chi connectivity index (χ0v) is 11.9. The molecule has 1 unspecified atom stereocenters. The first-order chi connectivity index (χ1) is 9.09. The monoisotopic (exact) mass is 262 g/mol. The number of amides is 1. The van der Waals surface area contributed by atoms with Gasteiger partial charge in [-0.1, -0.05) is 18.2 Å². The Kier molecular flexibility index (Phi) is 4.43. The van der Waals surface area contributed by atoms with Crippen LogP contribution >= 0.6 is 0 Å². The molecule has 0 aromatic heterocycles. The molecule has 0 saturated carbocycles. The smallest absolute Gasteiger partial charge is 0.263 e. The van der Waals surface area contributed by atoms with E-state index in [4.69, 9.17) is 4.74 Å². The number of aryl methyl sites for hydroxylation is 2. The van der Waals surface area contributed by atoms with E-state index in [1.54, 1.807) is 0 Å². The number of nitrogens with zero attached hydrogens (tertiary/aromatic N) is 1. The van der Waals surface area contributed by atoms with Crippen LogP contribution in [0.4, 0.5) is 0 Å². The lowest BCUT2D eigenvalue weighted by molar-refractivity contribution is -0.138. The van der Waals surface area contributed by atoms with E-state index < -0.39 is 6.10 Å².